The molecule has 92 valence electrons. The Balaban J connectivity index is 1.93. The van der Waals surface area contributed by atoms with Gasteiger partial charge in [0.15, 0.2) is 7.98 Å². The average Bonchev–Trinajstić information content (AvgIpc) is 2.72. The van der Waals surface area contributed by atoms with Crippen LogP contribution >= 0.6 is 0 Å². The Hall–Kier alpha value is -1.49. The molecule has 2 aliphatic heterocycles. The number of amides is 1. The molecule has 0 unspecified atom stereocenters. The van der Waals surface area contributed by atoms with Gasteiger partial charge in [0.05, 0.1) is 6.67 Å². The van der Waals surface area contributed by atoms with Crippen LogP contribution in [0.15, 0.2) is 30.3 Å². The molecule has 2 radical (unpaired) electrons. The van der Waals surface area contributed by atoms with Crippen molar-refractivity contribution in [1.82, 2.24) is 10.1 Å². The number of rotatable bonds is 1. The van der Waals surface area contributed by atoms with Gasteiger partial charge >= 0.3 is 0 Å². The second-order valence-corrected chi connectivity index (χ2v) is 5.00. The van der Waals surface area contributed by atoms with Crippen molar-refractivity contribution in [2.24, 2.45) is 0 Å². The van der Waals surface area contributed by atoms with E-state index in [1.807, 2.05) is 18.2 Å². The molecule has 3 rings (SSSR count). The predicted octanol–water partition coefficient (Wildman–Crippen LogP) is 0.498. The summed E-state index contributed by atoms with van der Waals surface area (Å²) in [5.74, 6) is 0.138. The van der Waals surface area contributed by atoms with E-state index < -0.39 is 5.54 Å². The molecule has 2 fully saturated rings. The van der Waals surface area contributed by atoms with Crippen LogP contribution in [0.25, 0.3) is 0 Å². The monoisotopic (exact) mass is 241 g/mol. The number of nitrogens with zero attached hydrogens (tertiary/aromatic N) is 2. The fourth-order valence-corrected chi connectivity index (χ4v) is 2.93. The topological polar surface area (TPSA) is 35.6 Å². The van der Waals surface area contributed by atoms with Gasteiger partial charge in [0.1, 0.15) is 5.54 Å². The summed E-state index contributed by atoms with van der Waals surface area (Å²) in [6, 6.07) is 10.1. The molecule has 5 heteroatoms. The van der Waals surface area contributed by atoms with E-state index in [9.17, 15) is 4.79 Å². The molecule has 1 aromatic carbocycles. The SMILES string of the molecule is [B]N1CCC2(CC1)C(=O)NCN2c1ccccc1. The number of benzene rings is 1. The van der Waals surface area contributed by atoms with Crippen molar-refractivity contribution >= 4 is 19.6 Å². The zero-order valence-electron chi connectivity index (χ0n) is 10.3. The van der Waals surface area contributed by atoms with Crippen molar-refractivity contribution in [3.05, 3.63) is 30.3 Å². The molecule has 1 N–H and O–H groups in total. The predicted molar refractivity (Wildman–Crippen MR) is 71.2 cm³/mol. The van der Waals surface area contributed by atoms with E-state index in [0.29, 0.717) is 6.67 Å². The van der Waals surface area contributed by atoms with Crippen molar-refractivity contribution in [2.45, 2.75) is 18.4 Å². The van der Waals surface area contributed by atoms with Crippen molar-refractivity contribution in [2.75, 3.05) is 24.7 Å². The highest BCUT2D eigenvalue weighted by molar-refractivity contribution is 6.04. The fourth-order valence-electron chi connectivity index (χ4n) is 2.93. The number of piperidine rings is 1. The van der Waals surface area contributed by atoms with E-state index in [1.165, 1.54) is 0 Å². The van der Waals surface area contributed by atoms with Crippen LogP contribution < -0.4 is 10.2 Å². The summed E-state index contributed by atoms with van der Waals surface area (Å²) >= 11 is 0. The minimum atomic E-state index is -0.406. The molecular formula is C13H16BN3O. The Bertz CT molecular complexity index is 443. The lowest BCUT2D eigenvalue weighted by atomic mass is 9.84. The molecule has 18 heavy (non-hydrogen) atoms. The zero-order valence-corrected chi connectivity index (χ0v) is 10.3. The Kier molecular flexibility index (Phi) is 2.78. The van der Waals surface area contributed by atoms with Gasteiger partial charge in [-0.2, -0.15) is 0 Å². The molecule has 0 atom stereocenters. The first kappa shape index (κ1) is 11.6. The average molecular weight is 241 g/mol. The molecule has 0 saturated carbocycles. The molecule has 1 aromatic rings. The van der Waals surface area contributed by atoms with E-state index >= 15 is 0 Å². The summed E-state index contributed by atoms with van der Waals surface area (Å²) in [5.41, 5.74) is 0.693. The third-order valence-corrected chi connectivity index (χ3v) is 4.03. The van der Waals surface area contributed by atoms with Crippen LogP contribution in [0.2, 0.25) is 0 Å². The maximum absolute atomic E-state index is 12.2. The molecule has 1 amide bonds. The molecule has 0 bridgehead atoms. The van der Waals surface area contributed by atoms with E-state index in [2.05, 4.69) is 22.3 Å². The molecule has 2 saturated heterocycles. The van der Waals surface area contributed by atoms with E-state index in [1.54, 1.807) is 4.81 Å². The van der Waals surface area contributed by atoms with Gasteiger partial charge in [-0.15, -0.1) is 0 Å². The molecular weight excluding hydrogens is 225 g/mol. The lowest BCUT2D eigenvalue weighted by molar-refractivity contribution is -0.124. The fraction of sp³-hybridized carbons (Fsp3) is 0.462. The number of hydrogen-bond acceptors (Lipinski definition) is 3. The van der Waals surface area contributed by atoms with Crippen LogP contribution in [0.3, 0.4) is 0 Å². The largest absolute Gasteiger partial charge is 0.353 e. The highest BCUT2D eigenvalue weighted by atomic mass is 16.2. The minimum Gasteiger partial charge on any atom is -0.353 e. The normalized spacial score (nSPS) is 23.3. The van der Waals surface area contributed by atoms with Crippen molar-refractivity contribution in [3.8, 4) is 0 Å². The third-order valence-electron chi connectivity index (χ3n) is 4.03. The van der Waals surface area contributed by atoms with Crippen molar-refractivity contribution in [3.63, 3.8) is 0 Å². The van der Waals surface area contributed by atoms with Gasteiger partial charge in [-0.25, -0.2) is 0 Å². The Morgan fingerprint density at radius 2 is 1.83 bits per heavy atom. The van der Waals surface area contributed by atoms with E-state index in [0.717, 1.165) is 31.6 Å². The minimum absolute atomic E-state index is 0.138. The highest BCUT2D eigenvalue weighted by Crippen LogP contribution is 2.35. The van der Waals surface area contributed by atoms with Crippen LogP contribution in [-0.2, 0) is 4.79 Å². The number of anilines is 1. The van der Waals surface area contributed by atoms with Gasteiger partial charge in [0, 0.05) is 5.69 Å². The van der Waals surface area contributed by atoms with Gasteiger partial charge in [-0.05, 0) is 38.1 Å². The first-order valence-electron chi connectivity index (χ1n) is 6.33. The van der Waals surface area contributed by atoms with Gasteiger partial charge in [0.2, 0.25) is 5.91 Å². The van der Waals surface area contributed by atoms with E-state index in [-0.39, 0.29) is 5.91 Å². The van der Waals surface area contributed by atoms with Crippen LogP contribution in [0, 0.1) is 0 Å². The summed E-state index contributed by atoms with van der Waals surface area (Å²) in [4.78, 5) is 16.2. The Labute approximate surface area is 108 Å². The van der Waals surface area contributed by atoms with E-state index in [4.69, 9.17) is 7.98 Å². The maximum Gasteiger partial charge on any atom is 0.247 e. The smallest absolute Gasteiger partial charge is 0.247 e. The van der Waals surface area contributed by atoms with Crippen molar-refractivity contribution < 1.29 is 4.79 Å². The first-order valence-corrected chi connectivity index (χ1v) is 6.33. The number of nitrogens with one attached hydrogen (secondary N) is 1. The van der Waals surface area contributed by atoms with Gasteiger partial charge in [-0.3, -0.25) is 4.79 Å². The Morgan fingerprint density at radius 3 is 2.50 bits per heavy atom. The standard InChI is InChI=1S/C13H16BN3O/c14-16-8-6-13(7-9-16)12(18)15-10-17(13)11-4-2-1-3-5-11/h1-5H,6-10H2,(H,15,18). The van der Waals surface area contributed by atoms with Gasteiger partial charge in [-0.1, -0.05) is 18.2 Å². The summed E-state index contributed by atoms with van der Waals surface area (Å²) < 4.78 is 0. The third kappa shape index (κ3) is 1.70. The first-order chi connectivity index (χ1) is 8.72. The van der Waals surface area contributed by atoms with Crippen LogP contribution in [-0.4, -0.2) is 44.0 Å². The molecule has 2 aliphatic rings. The van der Waals surface area contributed by atoms with Gasteiger partial charge < -0.3 is 15.0 Å². The van der Waals surface area contributed by atoms with Crippen LogP contribution in [0.5, 0.6) is 0 Å². The second kappa shape index (κ2) is 4.32. The van der Waals surface area contributed by atoms with Crippen LogP contribution in [0.4, 0.5) is 5.69 Å². The number of carbonyl (C=O) groups excluding carboxylic acids is 1. The summed E-state index contributed by atoms with van der Waals surface area (Å²) in [6.07, 6.45) is 1.56. The molecule has 0 aliphatic carbocycles. The lowest BCUT2D eigenvalue weighted by Gasteiger charge is -2.42. The van der Waals surface area contributed by atoms with Crippen LogP contribution in [0.1, 0.15) is 12.8 Å². The molecule has 1 spiro atoms. The second-order valence-electron chi connectivity index (χ2n) is 5.00. The van der Waals surface area contributed by atoms with Gasteiger partial charge in [0.25, 0.3) is 0 Å². The molecule has 4 nitrogen and oxygen atoms in total. The quantitative estimate of drug-likeness (QED) is 0.727. The van der Waals surface area contributed by atoms with Crippen molar-refractivity contribution in [1.29, 1.82) is 0 Å². The summed E-state index contributed by atoms with van der Waals surface area (Å²) in [6.45, 7) is 2.11. The molecule has 0 aromatic heterocycles. The number of para-hydroxylation sites is 1. The summed E-state index contributed by atoms with van der Waals surface area (Å²) in [5, 5.41) is 2.97. The number of hydrogen-bond donors (Lipinski definition) is 1. The highest BCUT2D eigenvalue weighted by Gasteiger charge is 2.49. The zero-order chi connectivity index (χ0) is 12.6. The Morgan fingerprint density at radius 1 is 1.17 bits per heavy atom. The number of carbonyl (C=O) groups is 1. The lowest BCUT2D eigenvalue weighted by Crippen LogP contribution is -2.56. The summed E-state index contributed by atoms with van der Waals surface area (Å²) in [7, 11) is 5.80. The maximum atomic E-state index is 12.2. The molecule has 2 heterocycles.